The number of nitrogens with zero attached hydrogens (tertiary/aromatic N) is 1. The summed E-state index contributed by atoms with van der Waals surface area (Å²) in [6.07, 6.45) is -0.189. The molecule has 4 nitrogen and oxygen atoms in total. The number of esters is 1. The lowest BCUT2D eigenvalue weighted by Gasteiger charge is -2.07. The van der Waals surface area contributed by atoms with Crippen LogP contribution >= 0.6 is 0 Å². The third-order valence-corrected chi connectivity index (χ3v) is 2.42. The average molecular weight is 213 g/mol. The van der Waals surface area contributed by atoms with Gasteiger partial charge in [-0.25, -0.2) is 9.59 Å². The summed E-state index contributed by atoms with van der Waals surface area (Å²) < 4.78 is 5.00. The van der Waals surface area contributed by atoms with Crippen LogP contribution in [0.5, 0.6) is 0 Å². The van der Waals surface area contributed by atoms with Gasteiger partial charge >= 0.3 is 5.97 Å². The maximum absolute atomic E-state index is 11.1. The third kappa shape index (κ3) is 1.72. The number of carbonyl (C=O) groups excluding carboxylic acids is 2. The van der Waals surface area contributed by atoms with Gasteiger partial charge in [0, 0.05) is 6.42 Å². The summed E-state index contributed by atoms with van der Waals surface area (Å²) in [6, 6.07) is 8.71. The summed E-state index contributed by atoms with van der Waals surface area (Å²) in [6.45, 7) is 0. The Hall–Kier alpha value is -2.37. The molecule has 0 bridgehead atoms. The lowest BCUT2D eigenvalue weighted by molar-refractivity contribution is -0.138. The molecule has 1 unspecified atom stereocenters. The Bertz CT molecular complexity index is 518. The molecule has 16 heavy (non-hydrogen) atoms. The highest BCUT2D eigenvalue weighted by molar-refractivity contribution is 5.98. The van der Waals surface area contributed by atoms with Gasteiger partial charge in [-0.2, -0.15) is 5.26 Å². The topological polar surface area (TPSA) is 67.2 Å². The zero-order chi connectivity index (χ0) is 11.5. The number of nitriles is 1. The van der Waals surface area contributed by atoms with Gasteiger partial charge in [0.05, 0.1) is 11.6 Å². The quantitative estimate of drug-likeness (QED) is 0.400. The molecule has 1 saturated heterocycles. The van der Waals surface area contributed by atoms with Crippen molar-refractivity contribution in [3.8, 4) is 6.07 Å². The molecule has 0 radical (unpaired) electrons. The number of carbonyl (C=O) groups is 1. The molecule has 4 heteroatoms. The zero-order valence-electron chi connectivity index (χ0n) is 8.27. The molecule has 1 aliphatic heterocycles. The van der Waals surface area contributed by atoms with Gasteiger partial charge in [0.2, 0.25) is 0 Å². The minimum Gasteiger partial charge on any atom is -0.453 e. The van der Waals surface area contributed by atoms with E-state index in [0.29, 0.717) is 5.56 Å². The number of benzene rings is 1. The highest BCUT2D eigenvalue weighted by Crippen LogP contribution is 2.31. The van der Waals surface area contributed by atoms with Crippen molar-refractivity contribution in [2.75, 3.05) is 0 Å². The SMILES string of the molecule is N#Cc1ccc(C2CC(=C=O)C(=O)O2)cc1. The molecular weight excluding hydrogens is 206 g/mol. The van der Waals surface area contributed by atoms with E-state index in [1.807, 2.05) is 6.07 Å². The van der Waals surface area contributed by atoms with E-state index in [-0.39, 0.29) is 12.0 Å². The van der Waals surface area contributed by atoms with Gasteiger partial charge in [-0.1, -0.05) is 12.1 Å². The van der Waals surface area contributed by atoms with E-state index < -0.39 is 12.1 Å². The van der Waals surface area contributed by atoms with Crippen LogP contribution in [-0.4, -0.2) is 11.9 Å². The standard InChI is InChI=1S/C12H7NO3/c13-6-8-1-3-9(4-2-8)11-5-10(7-14)12(15)16-11/h1-4,11H,5H2. The molecule has 2 rings (SSSR count). The highest BCUT2D eigenvalue weighted by atomic mass is 16.5. The Labute approximate surface area is 91.8 Å². The molecule has 1 aliphatic rings. The Morgan fingerprint density at radius 1 is 1.31 bits per heavy atom. The van der Waals surface area contributed by atoms with Crippen LogP contribution in [-0.2, 0) is 14.3 Å². The fraction of sp³-hybridized carbons (Fsp3) is 0.167. The van der Waals surface area contributed by atoms with Crippen LogP contribution in [0.3, 0.4) is 0 Å². The average Bonchev–Trinajstić information content (AvgIpc) is 2.71. The Kier molecular flexibility index (Phi) is 2.55. The first-order valence-electron chi connectivity index (χ1n) is 4.69. The minimum atomic E-state index is -0.607. The van der Waals surface area contributed by atoms with Crippen molar-refractivity contribution >= 4 is 11.9 Å². The smallest absolute Gasteiger partial charge is 0.346 e. The Morgan fingerprint density at radius 2 is 2.00 bits per heavy atom. The maximum atomic E-state index is 11.1. The number of cyclic esters (lactones) is 1. The first-order valence-corrected chi connectivity index (χ1v) is 4.69. The lowest BCUT2D eigenvalue weighted by atomic mass is 10.0. The first-order chi connectivity index (χ1) is 7.74. The molecule has 1 aromatic carbocycles. The van der Waals surface area contributed by atoms with E-state index in [9.17, 15) is 9.59 Å². The van der Waals surface area contributed by atoms with Crippen LogP contribution < -0.4 is 0 Å². The highest BCUT2D eigenvalue weighted by Gasteiger charge is 2.30. The number of hydrogen-bond donors (Lipinski definition) is 0. The van der Waals surface area contributed by atoms with Crippen molar-refractivity contribution in [2.45, 2.75) is 12.5 Å². The van der Waals surface area contributed by atoms with Gasteiger partial charge < -0.3 is 4.74 Å². The van der Waals surface area contributed by atoms with Gasteiger partial charge in [-0.15, -0.1) is 0 Å². The largest absolute Gasteiger partial charge is 0.453 e. The van der Waals surface area contributed by atoms with Gasteiger partial charge in [0.15, 0.2) is 0 Å². The summed E-state index contributed by atoms with van der Waals surface area (Å²) in [5, 5.41) is 8.63. The molecule has 0 amide bonds. The molecule has 0 aromatic heterocycles. The molecule has 0 aliphatic carbocycles. The molecule has 1 aromatic rings. The number of ether oxygens (including phenoxy) is 1. The molecule has 0 saturated carbocycles. The number of hydrogen-bond acceptors (Lipinski definition) is 4. The van der Waals surface area contributed by atoms with Crippen LogP contribution in [0.1, 0.15) is 23.7 Å². The van der Waals surface area contributed by atoms with E-state index >= 15 is 0 Å². The van der Waals surface area contributed by atoms with Gasteiger partial charge in [0.25, 0.3) is 0 Å². The molecule has 0 N–H and O–H groups in total. The van der Waals surface area contributed by atoms with E-state index in [4.69, 9.17) is 10.00 Å². The van der Waals surface area contributed by atoms with E-state index in [2.05, 4.69) is 0 Å². The van der Waals surface area contributed by atoms with Crippen LogP contribution in [0.15, 0.2) is 29.8 Å². The third-order valence-electron chi connectivity index (χ3n) is 2.42. The van der Waals surface area contributed by atoms with Crippen molar-refractivity contribution in [1.29, 1.82) is 5.26 Å². The second-order valence-corrected chi connectivity index (χ2v) is 3.41. The minimum absolute atomic E-state index is 0.0364. The van der Waals surface area contributed by atoms with Crippen LogP contribution in [0.2, 0.25) is 0 Å². The van der Waals surface area contributed by atoms with E-state index in [1.54, 1.807) is 30.2 Å². The number of rotatable bonds is 1. The second kappa shape index (κ2) is 4.01. The summed E-state index contributed by atoms with van der Waals surface area (Å²) in [5.41, 5.74) is 1.35. The fourth-order valence-electron chi connectivity index (χ4n) is 1.55. The van der Waals surface area contributed by atoms with Crippen LogP contribution in [0.4, 0.5) is 0 Å². The summed E-state index contributed by atoms with van der Waals surface area (Å²) in [4.78, 5) is 21.5. The predicted octanol–water partition coefficient (Wildman–Crippen LogP) is 1.30. The predicted molar refractivity (Wildman–Crippen MR) is 53.8 cm³/mol. The summed E-state index contributed by atoms with van der Waals surface area (Å²) in [7, 11) is 0. The van der Waals surface area contributed by atoms with E-state index in [0.717, 1.165) is 5.56 Å². The molecule has 1 atom stereocenters. The molecule has 1 fully saturated rings. The van der Waals surface area contributed by atoms with Crippen LogP contribution in [0.25, 0.3) is 0 Å². The Morgan fingerprint density at radius 3 is 2.50 bits per heavy atom. The first kappa shape index (κ1) is 10.2. The van der Waals surface area contributed by atoms with Crippen LogP contribution in [0, 0.1) is 11.3 Å². The van der Waals surface area contributed by atoms with Gasteiger partial charge in [0.1, 0.15) is 17.6 Å². The molecule has 0 spiro atoms. The Balaban J connectivity index is 2.24. The molecule has 1 heterocycles. The van der Waals surface area contributed by atoms with Crippen molar-refractivity contribution in [3.05, 3.63) is 41.0 Å². The van der Waals surface area contributed by atoms with Crippen molar-refractivity contribution in [3.63, 3.8) is 0 Å². The van der Waals surface area contributed by atoms with E-state index in [1.165, 1.54) is 0 Å². The van der Waals surface area contributed by atoms with Crippen molar-refractivity contribution in [2.24, 2.45) is 0 Å². The zero-order valence-corrected chi connectivity index (χ0v) is 8.27. The van der Waals surface area contributed by atoms with Gasteiger partial charge in [-0.05, 0) is 17.7 Å². The van der Waals surface area contributed by atoms with Crippen molar-refractivity contribution in [1.82, 2.24) is 0 Å². The second-order valence-electron chi connectivity index (χ2n) is 3.41. The monoisotopic (exact) mass is 213 g/mol. The van der Waals surface area contributed by atoms with Crippen molar-refractivity contribution < 1.29 is 14.3 Å². The van der Waals surface area contributed by atoms with Gasteiger partial charge in [-0.3, -0.25) is 0 Å². The summed E-state index contributed by atoms with van der Waals surface area (Å²) >= 11 is 0. The summed E-state index contributed by atoms with van der Waals surface area (Å²) in [5.74, 6) is 0.969. The fourth-order valence-corrected chi connectivity index (χ4v) is 1.55. The molecule has 78 valence electrons. The molecular formula is C12H7NO3. The normalized spacial score (nSPS) is 18.8. The maximum Gasteiger partial charge on any atom is 0.346 e. The lowest BCUT2D eigenvalue weighted by Crippen LogP contribution is -1.98.